The fraction of sp³-hybridized carbons (Fsp3) is 0.118. The van der Waals surface area contributed by atoms with Crippen molar-refractivity contribution < 1.29 is 9.21 Å². The Morgan fingerprint density at radius 1 is 1.04 bits per heavy atom. The van der Waals surface area contributed by atoms with Gasteiger partial charge in [-0.1, -0.05) is 22.8 Å². The lowest BCUT2D eigenvalue weighted by Gasteiger charge is -2.01. The minimum absolute atomic E-state index is 0.0539. The summed E-state index contributed by atoms with van der Waals surface area (Å²) in [6, 6.07) is 12.4. The van der Waals surface area contributed by atoms with E-state index in [0.29, 0.717) is 16.5 Å². The van der Waals surface area contributed by atoms with Crippen LogP contribution in [0.4, 0.5) is 6.01 Å². The second-order valence-electron chi connectivity index (χ2n) is 5.17. The summed E-state index contributed by atoms with van der Waals surface area (Å²) in [6.45, 7) is 4.04. The van der Waals surface area contributed by atoms with E-state index < -0.39 is 0 Å². The van der Waals surface area contributed by atoms with Gasteiger partial charge in [-0.2, -0.15) is 0 Å². The van der Waals surface area contributed by atoms with Crippen LogP contribution in [0.1, 0.15) is 21.5 Å². The largest absolute Gasteiger partial charge is 0.403 e. The normalized spacial score (nSPS) is 10.6. The number of hydrogen-bond acceptors (Lipinski definition) is 4. The van der Waals surface area contributed by atoms with Gasteiger partial charge >= 0.3 is 6.01 Å². The number of carbonyl (C=O) groups excluding carboxylic acids is 1. The monoisotopic (exact) mass is 327 g/mol. The molecule has 0 bridgehead atoms. The zero-order chi connectivity index (χ0) is 16.4. The first-order valence-corrected chi connectivity index (χ1v) is 7.39. The van der Waals surface area contributed by atoms with Gasteiger partial charge in [-0.25, -0.2) is 0 Å². The average Bonchev–Trinajstić information content (AvgIpc) is 2.99. The second-order valence-corrected chi connectivity index (χ2v) is 5.61. The van der Waals surface area contributed by atoms with Gasteiger partial charge in [-0.15, -0.1) is 5.10 Å². The first-order chi connectivity index (χ1) is 11.0. The highest BCUT2D eigenvalue weighted by molar-refractivity contribution is 6.30. The van der Waals surface area contributed by atoms with Gasteiger partial charge in [0.2, 0.25) is 5.89 Å². The molecule has 6 heteroatoms. The van der Waals surface area contributed by atoms with Crippen molar-refractivity contribution in [2.75, 3.05) is 5.32 Å². The molecule has 23 heavy (non-hydrogen) atoms. The highest BCUT2D eigenvalue weighted by atomic mass is 35.5. The standard InChI is InChI=1S/C17H14ClN3O2/c1-10-3-4-13(9-11(10)2)16-20-21-17(23-16)19-15(22)12-5-7-14(18)8-6-12/h3-9H,1-2H3,(H,19,21,22). The maximum Gasteiger partial charge on any atom is 0.322 e. The number of aromatic nitrogens is 2. The minimum Gasteiger partial charge on any atom is -0.403 e. The molecule has 1 amide bonds. The molecule has 1 heterocycles. The van der Waals surface area contributed by atoms with E-state index in [9.17, 15) is 4.79 Å². The van der Waals surface area contributed by atoms with Gasteiger partial charge in [-0.3, -0.25) is 10.1 Å². The summed E-state index contributed by atoms with van der Waals surface area (Å²) in [5.41, 5.74) is 3.59. The topological polar surface area (TPSA) is 68.0 Å². The van der Waals surface area contributed by atoms with Gasteiger partial charge in [0.05, 0.1) is 0 Å². The van der Waals surface area contributed by atoms with Crippen molar-refractivity contribution in [3.8, 4) is 11.5 Å². The van der Waals surface area contributed by atoms with Crippen molar-refractivity contribution >= 4 is 23.5 Å². The summed E-state index contributed by atoms with van der Waals surface area (Å²) in [6.07, 6.45) is 0. The third-order valence-electron chi connectivity index (χ3n) is 3.51. The molecular formula is C17H14ClN3O2. The number of benzene rings is 2. The predicted octanol–water partition coefficient (Wildman–Crippen LogP) is 4.26. The number of halogens is 1. The lowest BCUT2D eigenvalue weighted by Crippen LogP contribution is -2.11. The summed E-state index contributed by atoms with van der Waals surface area (Å²) in [5, 5.41) is 11.0. The number of anilines is 1. The molecule has 0 radical (unpaired) electrons. The summed E-state index contributed by atoms with van der Waals surface area (Å²) in [4.78, 5) is 12.1. The van der Waals surface area contributed by atoms with E-state index in [1.807, 2.05) is 32.0 Å². The van der Waals surface area contributed by atoms with Gasteiger partial charge in [0.25, 0.3) is 5.91 Å². The highest BCUT2D eigenvalue weighted by Crippen LogP contribution is 2.22. The molecule has 1 N–H and O–H groups in total. The maximum absolute atomic E-state index is 12.1. The van der Waals surface area contributed by atoms with Gasteiger partial charge in [0.15, 0.2) is 0 Å². The van der Waals surface area contributed by atoms with Gasteiger partial charge in [0.1, 0.15) is 0 Å². The minimum atomic E-state index is -0.336. The summed E-state index contributed by atoms with van der Waals surface area (Å²) in [5.74, 6) is 0.0245. The Bertz CT molecular complexity index is 857. The number of rotatable bonds is 3. The molecule has 0 atom stereocenters. The molecule has 3 aromatic rings. The van der Waals surface area contributed by atoms with Gasteiger partial charge in [-0.05, 0) is 61.4 Å². The van der Waals surface area contributed by atoms with E-state index in [4.69, 9.17) is 16.0 Å². The van der Waals surface area contributed by atoms with Crippen LogP contribution in [0.15, 0.2) is 46.9 Å². The fourth-order valence-corrected chi connectivity index (χ4v) is 2.16. The van der Waals surface area contributed by atoms with E-state index in [0.717, 1.165) is 11.1 Å². The Hall–Kier alpha value is -2.66. The van der Waals surface area contributed by atoms with E-state index in [1.54, 1.807) is 24.3 Å². The molecule has 0 saturated heterocycles. The molecule has 3 rings (SSSR count). The van der Waals surface area contributed by atoms with Crippen LogP contribution in [-0.4, -0.2) is 16.1 Å². The summed E-state index contributed by atoms with van der Waals surface area (Å²) < 4.78 is 5.50. The Balaban J connectivity index is 1.77. The Morgan fingerprint density at radius 3 is 2.48 bits per heavy atom. The van der Waals surface area contributed by atoms with Crippen molar-refractivity contribution in [3.05, 3.63) is 64.2 Å². The molecule has 0 aliphatic carbocycles. The number of amides is 1. The molecule has 0 aliphatic rings. The van der Waals surface area contributed by atoms with Crippen LogP contribution in [0.5, 0.6) is 0 Å². The second kappa shape index (κ2) is 6.22. The maximum atomic E-state index is 12.1. The van der Waals surface area contributed by atoms with Crippen molar-refractivity contribution in [2.24, 2.45) is 0 Å². The summed E-state index contributed by atoms with van der Waals surface area (Å²) >= 11 is 5.80. The smallest absolute Gasteiger partial charge is 0.322 e. The van der Waals surface area contributed by atoms with Gasteiger partial charge < -0.3 is 4.42 Å². The van der Waals surface area contributed by atoms with Crippen molar-refractivity contribution in [2.45, 2.75) is 13.8 Å². The lowest BCUT2D eigenvalue weighted by molar-refractivity contribution is 0.102. The fourth-order valence-electron chi connectivity index (χ4n) is 2.04. The Kier molecular flexibility index (Phi) is 4.12. The molecule has 116 valence electrons. The summed E-state index contributed by atoms with van der Waals surface area (Å²) in [7, 11) is 0. The average molecular weight is 328 g/mol. The van der Waals surface area contributed by atoms with E-state index >= 15 is 0 Å². The van der Waals surface area contributed by atoms with Crippen LogP contribution in [0.3, 0.4) is 0 Å². The molecular weight excluding hydrogens is 314 g/mol. The van der Waals surface area contributed by atoms with E-state index in [2.05, 4.69) is 15.5 Å². The highest BCUT2D eigenvalue weighted by Gasteiger charge is 2.13. The van der Waals surface area contributed by atoms with Crippen molar-refractivity contribution in [3.63, 3.8) is 0 Å². The molecule has 5 nitrogen and oxygen atoms in total. The first-order valence-electron chi connectivity index (χ1n) is 7.01. The Morgan fingerprint density at radius 2 is 1.78 bits per heavy atom. The zero-order valence-corrected chi connectivity index (χ0v) is 13.4. The number of nitrogens with one attached hydrogen (secondary N) is 1. The van der Waals surface area contributed by atoms with Gasteiger partial charge in [0, 0.05) is 16.1 Å². The lowest BCUT2D eigenvalue weighted by atomic mass is 10.1. The molecule has 0 saturated carbocycles. The first kappa shape index (κ1) is 15.2. The molecule has 2 aromatic carbocycles. The predicted molar refractivity (Wildman–Crippen MR) is 88.6 cm³/mol. The SMILES string of the molecule is Cc1ccc(-c2nnc(NC(=O)c3ccc(Cl)cc3)o2)cc1C. The number of hydrogen-bond donors (Lipinski definition) is 1. The molecule has 0 fully saturated rings. The van der Waals surface area contributed by atoms with Crippen LogP contribution < -0.4 is 5.32 Å². The van der Waals surface area contributed by atoms with Crippen molar-refractivity contribution in [1.82, 2.24) is 10.2 Å². The van der Waals surface area contributed by atoms with Crippen LogP contribution in [-0.2, 0) is 0 Å². The molecule has 1 aromatic heterocycles. The van der Waals surface area contributed by atoms with Crippen LogP contribution in [0, 0.1) is 13.8 Å². The molecule has 0 aliphatic heterocycles. The van der Waals surface area contributed by atoms with Crippen LogP contribution in [0.2, 0.25) is 5.02 Å². The quantitative estimate of drug-likeness (QED) is 0.780. The third kappa shape index (κ3) is 3.40. The number of aryl methyl sites for hydroxylation is 2. The zero-order valence-electron chi connectivity index (χ0n) is 12.6. The van der Waals surface area contributed by atoms with Crippen molar-refractivity contribution in [1.29, 1.82) is 0 Å². The molecule has 0 spiro atoms. The van der Waals surface area contributed by atoms with E-state index in [-0.39, 0.29) is 11.9 Å². The van der Waals surface area contributed by atoms with E-state index in [1.165, 1.54) is 5.56 Å². The number of carbonyl (C=O) groups is 1. The molecule has 0 unspecified atom stereocenters. The number of nitrogens with zero attached hydrogens (tertiary/aromatic N) is 2. The van der Waals surface area contributed by atoms with Crippen LogP contribution in [0.25, 0.3) is 11.5 Å². The third-order valence-corrected chi connectivity index (χ3v) is 3.76. The Labute approximate surface area is 138 Å². The van der Waals surface area contributed by atoms with Crippen LogP contribution >= 0.6 is 11.6 Å².